The summed E-state index contributed by atoms with van der Waals surface area (Å²) in [6, 6.07) is 16.2. The summed E-state index contributed by atoms with van der Waals surface area (Å²) in [4.78, 5) is 4.09. The highest BCUT2D eigenvalue weighted by atomic mass is 35.7. The molecule has 0 radical (unpaired) electrons. The zero-order chi connectivity index (χ0) is 28.5. The van der Waals surface area contributed by atoms with Crippen LogP contribution in [-0.2, 0) is 24.4 Å². The van der Waals surface area contributed by atoms with Crippen LogP contribution in [0.4, 0.5) is 11.4 Å². The summed E-state index contributed by atoms with van der Waals surface area (Å²) in [5.41, 5.74) is 4.88. The lowest BCUT2D eigenvalue weighted by Gasteiger charge is -2.17. The number of hydrogen-bond donors (Lipinski definition) is 1. The van der Waals surface area contributed by atoms with Crippen LogP contribution in [0.15, 0.2) is 82.9 Å². The molecule has 0 aromatic heterocycles. The lowest BCUT2D eigenvalue weighted by molar-refractivity contribution is -2.00. The fourth-order valence-electron chi connectivity index (χ4n) is 3.20. The average Bonchev–Trinajstić information content (AvgIpc) is 2.85. The van der Waals surface area contributed by atoms with E-state index in [9.17, 15) is 4.55 Å². The van der Waals surface area contributed by atoms with Gasteiger partial charge in [0.1, 0.15) is 5.76 Å². The maximum atomic E-state index is 10.4. The highest BCUT2D eigenvalue weighted by Crippen LogP contribution is 2.27. The molecule has 1 aliphatic rings. The molecule has 0 amide bonds. The molecule has 206 valence electrons. The first kappa shape index (κ1) is 31.1. The van der Waals surface area contributed by atoms with Crippen LogP contribution >= 0.6 is 0 Å². The van der Waals surface area contributed by atoms with E-state index < -0.39 is 21.3 Å². The Morgan fingerprint density at radius 1 is 0.789 bits per heavy atom. The minimum Gasteiger partial charge on any atom is -0.496 e. The average molecular weight is 567 g/mol. The van der Waals surface area contributed by atoms with E-state index in [1.54, 1.807) is 19.6 Å². The zero-order valence-electron chi connectivity index (χ0n) is 21.9. The Hall–Kier alpha value is -3.16. The van der Waals surface area contributed by atoms with E-state index >= 15 is 0 Å². The predicted molar refractivity (Wildman–Crippen MR) is 138 cm³/mol. The molecule has 2 aromatic carbocycles. The van der Waals surface area contributed by atoms with E-state index in [1.165, 1.54) is 0 Å². The van der Waals surface area contributed by atoms with Crippen LogP contribution in [0.3, 0.4) is 0 Å². The van der Waals surface area contributed by atoms with Crippen LogP contribution in [0, 0.1) is 10.2 Å². The summed E-state index contributed by atoms with van der Waals surface area (Å²) in [7, 11) is 6.25. The van der Waals surface area contributed by atoms with Gasteiger partial charge >= 0.3 is 16.8 Å². The summed E-state index contributed by atoms with van der Waals surface area (Å²) in [6.45, 7) is 0. The summed E-state index contributed by atoms with van der Waals surface area (Å²) < 4.78 is 61.3. The van der Waals surface area contributed by atoms with Crippen molar-refractivity contribution in [2.45, 2.75) is 0 Å². The van der Waals surface area contributed by atoms with Gasteiger partial charge in [0.15, 0.2) is 0 Å². The number of anilines is 2. The van der Waals surface area contributed by atoms with Gasteiger partial charge < -0.3 is 19.3 Å². The Morgan fingerprint density at radius 3 is 1.55 bits per heavy atom. The number of methoxy groups -OCH3 is 2. The van der Waals surface area contributed by atoms with Gasteiger partial charge in [-0.05, 0) is 47.5 Å². The summed E-state index contributed by atoms with van der Waals surface area (Å²) >= 11 is -1.42. The van der Waals surface area contributed by atoms with E-state index in [-0.39, 0.29) is 0 Å². The maximum Gasteiger partial charge on any atom is 0.411 e. The van der Waals surface area contributed by atoms with Crippen LogP contribution in [0.2, 0.25) is 0 Å². The molecule has 38 heavy (non-hydrogen) atoms. The normalized spacial score (nSPS) is 15.8. The smallest absolute Gasteiger partial charge is 0.411 e. The van der Waals surface area contributed by atoms with E-state index in [1.807, 2.05) is 105 Å². The van der Waals surface area contributed by atoms with Gasteiger partial charge in [-0.15, -0.1) is 14.1 Å². The monoisotopic (exact) mass is 566 g/mol. The van der Waals surface area contributed by atoms with Crippen molar-refractivity contribution in [3.63, 3.8) is 0 Å². The highest BCUT2D eigenvalue weighted by molar-refractivity contribution is 7.82. The van der Waals surface area contributed by atoms with Gasteiger partial charge in [-0.25, -0.2) is 18.6 Å². The molecule has 0 saturated heterocycles. The van der Waals surface area contributed by atoms with Gasteiger partial charge in [-0.3, -0.25) is 4.55 Å². The van der Waals surface area contributed by atoms with Crippen molar-refractivity contribution in [2.24, 2.45) is 0 Å². The number of hydrogen-bond acceptors (Lipinski definition) is 8. The third-order valence-electron chi connectivity index (χ3n) is 5.07. The van der Waals surface area contributed by atoms with Crippen LogP contribution in [-0.4, -0.2) is 47.0 Å². The molecule has 10 nitrogen and oxygen atoms in total. The number of nitrogens with zero attached hydrogens (tertiary/aromatic N) is 2. The van der Waals surface area contributed by atoms with E-state index in [0.29, 0.717) is 22.9 Å². The summed E-state index contributed by atoms with van der Waals surface area (Å²) in [6.07, 6.45) is 5.62. The minimum atomic E-state index is -4.94. The van der Waals surface area contributed by atoms with Crippen LogP contribution < -0.4 is 28.4 Å². The standard InChI is InChI=1S/C26H31N2O4S.ClHO4/c1-27(2)22-11-7-19(8-12-22)15-24(30-5)21-17-26(32-33(29)18-21)25(31-6)16-20-9-13-23(14-10-20)28(3)4;2-1(3,4)5/h7-18,29H,1-6H3;(H,2,3,4,5)/q+1;/p-1. The molecule has 1 aliphatic heterocycles. The molecule has 0 aliphatic carbocycles. The van der Waals surface area contributed by atoms with Crippen molar-refractivity contribution in [1.29, 1.82) is 0 Å². The molecule has 0 saturated carbocycles. The van der Waals surface area contributed by atoms with Crippen molar-refractivity contribution in [1.82, 2.24) is 0 Å². The molecule has 3 rings (SSSR count). The molecule has 1 atom stereocenters. The van der Waals surface area contributed by atoms with Crippen LogP contribution in [0.5, 0.6) is 0 Å². The van der Waals surface area contributed by atoms with Gasteiger partial charge in [0.25, 0.3) is 0 Å². The van der Waals surface area contributed by atoms with Gasteiger partial charge in [0.2, 0.25) is 5.76 Å². The van der Waals surface area contributed by atoms with Crippen molar-refractivity contribution >= 4 is 34.6 Å². The molecular formula is C26H31ClN2O8S. The summed E-state index contributed by atoms with van der Waals surface area (Å²) in [5.74, 6) is 1.56. The van der Waals surface area contributed by atoms with E-state index in [4.69, 9.17) is 31.9 Å². The fourth-order valence-corrected chi connectivity index (χ4v) is 3.96. The van der Waals surface area contributed by atoms with Gasteiger partial charge in [0, 0.05) is 45.1 Å². The Balaban J connectivity index is 0.000000926. The minimum absolute atomic E-state index is 0.434. The molecule has 0 spiro atoms. The van der Waals surface area contributed by atoms with Crippen LogP contribution in [0.25, 0.3) is 12.2 Å². The van der Waals surface area contributed by atoms with Gasteiger partial charge in [-0.1, -0.05) is 24.3 Å². The molecular weight excluding hydrogens is 536 g/mol. The number of allylic oxidation sites excluding steroid dienone is 1. The van der Waals surface area contributed by atoms with Crippen LogP contribution in [0.1, 0.15) is 11.1 Å². The second-order valence-corrected chi connectivity index (χ2v) is 9.93. The molecule has 1 heterocycles. The van der Waals surface area contributed by atoms with Gasteiger partial charge in [0.05, 0.1) is 25.7 Å². The Morgan fingerprint density at radius 2 is 1.18 bits per heavy atom. The topological polar surface area (TPSA) is 149 Å². The summed E-state index contributed by atoms with van der Waals surface area (Å²) in [5, 5.41) is 1.63. The lowest BCUT2D eigenvalue weighted by atomic mass is 10.1. The number of ether oxygens (including phenoxy) is 2. The van der Waals surface area contributed by atoms with E-state index in [2.05, 4.69) is 0 Å². The van der Waals surface area contributed by atoms with Crippen molar-refractivity contribution in [2.75, 3.05) is 52.2 Å². The van der Waals surface area contributed by atoms with Crippen molar-refractivity contribution in [3.05, 3.63) is 94.0 Å². The maximum absolute atomic E-state index is 10.4. The first-order valence-electron chi connectivity index (χ1n) is 11.0. The Bertz CT molecular complexity index is 1150. The van der Waals surface area contributed by atoms with Gasteiger partial charge in [-0.2, -0.15) is 0 Å². The number of halogens is 1. The predicted octanol–water partition coefficient (Wildman–Crippen LogP) is 0.491. The first-order valence-corrected chi connectivity index (χ1v) is 13.4. The quantitative estimate of drug-likeness (QED) is 0.274. The van der Waals surface area contributed by atoms with E-state index in [0.717, 1.165) is 22.5 Å². The third kappa shape index (κ3) is 10.3. The molecule has 1 N–H and O–H groups in total. The molecule has 1 unspecified atom stereocenters. The molecule has 0 fully saturated rings. The highest BCUT2D eigenvalue weighted by Gasteiger charge is 2.26. The van der Waals surface area contributed by atoms with Crippen molar-refractivity contribution in [3.8, 4) is 0 Å². The molecule has 0 bridgehead atoms. The fraction of sp³-hybridized carbons (Fsp3) is 0.231. The number of benzene rings is 2. The second-order valence-electron chi connectivity index (χ2n) is 8.22. The largest absolute Gasteiger partial charge is 0.496 e. The lowest BCUT2D eigenvalue weighted by Crippen LogP contribution is -2.68. The van der Waals surface area contributed by atoms with Crippen molar-refractivity contribution < 1.29 is 46.7 Å². The SMILES string of the molecule is COC(=Cc1ccc(N(C)C)cc1)C1=CS(O)=[O+]C(C(=Cc2ccc(N(C)C)cc2)OC)=C1.[O-][Cl+3]([O-])([O-])[O-]. The number of rotatable bonds is 8. The molecule has 12 heteroatoms. The zero-order valence-corrected chi connectivity index (χ0v) is 23.5. The third-order valence-corrected chi connectivity index (χ3v) is 5.88. The Labute approximate surface area is 227 Å². The Kier molecular flexibility index (Phi) is 11.5. The molecule has 2 aromatic rings. The first-order chi connectivity index (χ1) is 17.8. The second kappa shape index (κ2) is 14.1.